The second-order valence-electron chi connectivity index (χ2n) is 4.02. The molecule has 2 rings (SSSR count). The van der Waals surface area contributed by atoms with E-state index in [2.05, 4.69) is 13.6 Å². The molecule has 11 nitrogen and oxygen atoms in total. The van der Waals surface area contributed by atoms with Gasteiger partial charge in [-0.2, -0.15) is 0 Å². The maximum absolute atomic E-state index is 11.1. The lowest BCUT2D eigenvalue weighted by molar-refractivity contribution is -0.202. The molecule has 0 aromatic rings. The van der Waals surface area contributed by atoms with Gasteiger partial charge in [-0.3, -0.25) is 9.05 Å². The average molecular weight is 322 g/mol. The van der Waals surface area contributed by atoms with Crippen molar-refractivity contribution in [3.63, 3.8) is 0 Å². The Labute approximate surface area is 106 Å². The van der Waals surface area contributed by atoms with Crippen LogP contribution in [0, 0.1) is 0 Å². The van der Waals surface area contributed by atoms with Crippen molar-refractivity contribution in [2.45, 2.75) is 24.1 Å². The molecule has 0 saturated carbocycles. The molecule has 2 aliphatic rings. The maximum atomic E-state index is 11.1. The normalized spacial score (nSPS) is 47.1. The number of hydrogen-bond donors (Lipinski definition) is 5. The largest absolute Gasteiger partial charge is 0.475 e. The van der Waals surface area contributed by atoms with Gasteiger partial charge in [-0.15, -0.1) is 0 Å². The van der Waals surface area contributed by atoms with Gasteiger partial charge in [0.25, 0.3) is 0 Å². The van der Waals surface area contributed by atoms with Crippen LogP contribution < -0.4 is 0 Å². The molecule has 5 N–H and O–H groups in total. The second-order valence-corrected chi connectivity index (χ2v) is 6.64. The van der Waals surface area contributed by atoms with E-state index in [-0.39, 0.29) is 0 Å². The Morgan fingerprint density at radius 1 is 1.42 bits per heavy atom. The molecule has 1 spiro atoms. The van der Waals surface area contributed by atoms with Crippen molar-refractivity contribution in [1.82, 2.24) is 0 Å². The van der Waals surface area contributed by atoms with Gasteiger partial charge in [0.2, 0.25) is 5.79 Å². The third kappa shape index (κ3) is 3.23. The zero-order valence-corrected chi connectivity index (χ0v) is 11.0. The summed E-state index contributed by atoms with van der Waals surface area (Å²) in [5, 5.41) is 19.4. The summed E-state index contributed by atoms with van der Waals surface area (Å²) >= 11 is 0. The van der Waals surface area contributed by atoms with E-state index in [4.69, 9.17) is 19.4 Å². The number of phosphoric acid groups is 2. The summed E-state index contributed by atoms with van der Waals surface area (Å²) in [6.45, 7) is -1.37. The molecular weight excluding hydrogens is 310 g/mol. The minimum absolute atomic E-state index is 0.620. The van der Waals surface area contributed by atoms with E-state index in [0.29, 0.717) is 0 Å². The standard InChI is InChI=1S/C6H12O11P2/c7-4-3(1-14-18(9,10)11)16-6(5(4)8)2-15-19(12,13)17-6/h3-5,7-8H,1-2H2,(H,12,13)(H2,9,10,11)/t3-,4?,5-,6+/m1/s1. The van der Waals surface area contributed by atoms with Gasteiger partial charge in [0.05, 0.1) is 6.61 Å². The summed E-state index contributed by atoms with van der Waals surface area (Å²) in [6, 6.07) is 0. The van der Waals surface area contributed by atoms with Crippen molar-refractivity contribution in [2.24, 2.45) is 0 Å². The molecular formula is C6H12O11P2. The summed E-state index contributed by atoms with van der Waals surface area (Å²) in [5.41, 5.74) is 0. The summed E-state index contributed by atoms with van der Waals surface area (Å²) in [4.78, 5) is 26.1. The molecule has 0 radical (unpaired) electrons. The van der Waals surface area contributed by atoms with Crippen molar-refractivity contribution in [1.29, 1.82) is 0 Å². The second kappa shape index (κ2) is 4.83. The first-order chi connectivity index (χ1) is 8.55. The summed E-state index contributed by atoms with van der Waals surface area (Å²) in [7, 11) is -9.17. The van der Waals surface area contributed by atoms with Crippen LogP contribution in [0.2, 0.25) is 0 Å². The predicted molar refractivity (Wildman–Crippen MR) is 54.5 cm³/mol. The monoisotopic (exact) mass is 322 g/mol. The van der Waals surface area contributed by atoms with E-state index in [1.54, 1.807) is 0 Å². The van der Waals surface area contributed by atoms with Crippen LogP contribution in [0.25, 0.3) is 0 Å². The number of rotatable bonds is 3. The SMILES string of the molecule is O=P(O)(O)OC[C@H]1O[C@]2(COP(=O)(O)O2)[C@H](O)C1O. The summed E-state index contributed by atoms with van der Waals surface area (Å²) in [5.74, 6) is -2.06. The molecule has 0 aromatic heterocycles. The van der Waals surface area contributed by atoms with E-state index in [1.165, 1.54) is 0 Å². The van der Waals surface area contributed by atoms with Crippen LogP contribution in [0.3, 0.4) is 0 Å². The first-order valence-electron chi connectivity index (χ1n) is 4.97. The first-order valence-corrected chi connectivity index (χ1v) is 7.99. The van der Waals surface area contributed by atoms with Crippen molar-refractivity contribution in [3.8, 4) is 0 Å². The van der Waals surface area contributed by atoms with Crippen LogP contribution in [0.5, 0.6) is 0 Å². The fraction of sp³-hybridized carbons (Fsp3) is 1.00. The highest BCUT2D eigenvalue weighted by Gasteiger charge is 2.63. The first kappa shape index (κ1) is 15.5. The number of phosphoric ester groups is 2. The summed E-state index contributed by atoms with van der Waals surface area (Å²) in [6.07, 6.45) is -4.72. The number of aliphatic hydroxyl groups excluding tert-OH is 2. The Hall–Kier alpha value is 0.1000. The molecule has 5 atom stereocenters. The van der Waals surface area contributed by atoms with Crippen LogP contribution >= 0.6 is 15.6 Å². The lowest BCUT2D eigenvalue weighted by atomic mass is 10.1. The Morgan fingerprint density at radius 3 is 2.53 bits per heavy atom. The molecule has 2 saturated heterocycles. The number of hydrogen-bond acceptors (Lipinski definition) is 8. The van der Waals surface area contributed by atoms with E-state index in [0.717, 1.165) is 0 Å². The van der Waals surface area contributed by atoms with Crippen molar-refractivity contribution in [2.75, 3.05) is 13.2 Å². The molecule has 0 bridgehead atoms. The molecule has 2 fully saturated rings. The van der Waals surface area contributed by atoms with Gasteiger partial charge in [-0.1, -0.05) is 0 Å². The molecule has 0 amide bonds. The zero-order chi connectivity index (χ0) is 14.5. The van der Waals surface area contributed by atoms with E-state index in [1.807, 2.05) is 0 Å². The fourth-order valence-electron chi connectivity index (χ4n) is 1.78. The third-order valence-electron chi connectivity index (χ3n) is 2.61. The van der Waals surface area contributed by atoms with Crippen LogP contribution in [0.1, 0.15) is 0 Å². The highest BCUT2D eigenvalue weighted by molar-refractivity contribution is 7.47. The van der Waals surface area contributed by atoms with Crippen LogP contribution in [-0.4, -0.2) is 62.2 Å². The zero-order valence-electron chi connectivity index (χ0n) is 9.23. The molecule has 0 aromatic carbocycles. The quantitative estimate of drug-likeness (QED) is 0.366. The highest BCUT2D eigenvalue weighted by Crippen LogP contribution is 2.57. The lowest BCUT2D eigenvalue weighted by Crippen LogP contribution is -2.44. The topological polar surface area (TPSA) is 172 Å². The predicted octanol–water partition coefficient (Wildman–Crippen LogP) is -1.94. The third-order valence-corrected chi connectivity index (χ3v) is 4.09. The van der Waals surface area contributed by atoms with Gasteiger partial charge >= 0.3 is 15.6 Å². The van der Waals surface area contributed by atoms with Crippen LogP contribution in [0.4, 0.5) is 0 Å². The van der Waals surface area contributed by atoms with Gasteiger partial charge in [0, 0.05) is 0 Å². The fourth-order valence-corrected chi connectivity index (χ4v) is 3.11. The van der Waals surface area contributed by atoms with Crippen molar-refractivity contribution >= 4 is 15.6 Å². The smallest absolute Gasteiger partial charge is 0.387 e. The van der Waals surface area contributed by atoms with Gasteiger partial charge in [-0.25, -0.2) is 13.7 Å². The van der Waals surface area contributed by atoms with Gasteiger partial charge in [0.1, 0.15) is 24.9 Å². The molecule has 2 unspecified atom stereocenters. The Kier molecular flexibility index (Phi) is 3.94. The lowest BCUT2D eigenvalue weighted by Gasteiger charge is -2.23. The Bertz CT molecular complexity index is 446. The number of aliphatic hydroxyl groups is 2. The van der Waals surface area contributed by atoms with Gasteiger partial charge in [-0.05, 0) is 0 Å². The van der Waals surface area contributed by atoms with Crippen molar-refractivity contribution in [3.05, 3.63) is 0 Å². The molecule has 13 heteroatoms. The van der Waals surface area contributed by atoms with Gasteiger partial charge < -0.3 is 29.6 Å². The molecule has 0 aliphatic carbocycles. The van der Waals surface area contributed by atoms with Gasteiger partial charge in [0.15, 0.2) is 0 Å². The van der Waals surface area contributed by atoms with Crippen molar-refractivity contribution < 1.29 is 52.3 Å². The highest BCUT2D eigenvalue weighted by atomic mass is 31.2. The van der Waals surface area contributed by atoms with E-state index >= 15 is 0 Å². The maximum Gasteiger partial charge on any atom is 0.475 e. The van der Waals surface area contributed by atoms with Crippen LogP contribution in [0.15, 0.2) is 0 Å². The molecule has 2 heterocycles. The van der Waals surface area contributed by atoms with E-state index in [9.17, 15) is 19.3 Å². The molecule has 19 heavy (non-hydrogen) atoms. The van der Waals surface area contributed by atoms with Crippen LogP contribution in [-0.2, 0) is 27.4 Å². The number of ether oxygens (including phenoxy) is 1. The summed E-state index contributed by atoms with van der Waals surface area (Å²) < 4.78 is 39.7. The Morgan fingerprint density at radius 2 is 2.05 bits per heavy atom. The minimum Gasteiger partial charge on any atom is -0.387 e. The minimum atomic E-state index is -4.78. The Balaban J connectivity index is 2.07. The molecule has 112 valence electrons. The molecule has 2 aliphatic heterocycles. The average Bonchev–Trinajstić information content (AvgIpc) is 2.68. The van der Waals surface area contributed by atoms with E-state index < -0.39 is 53.0 Å².